The van der Waals surface area contributed by atoms with Crippen molar-refractivity contribution < 1.29 is 14.6 Å². The van der Waals surface area contributed by atoms with E-state index in [2.05, 4.69) is 11.8 Å². The summed E-state index contributed by atoms with van der Waals surface area (Å²) in [7, 11) is 0. The van der Waals surface area contributed by atoms with Gasteiger partial charge in [-0.3, -0.25) is 4.79 Å². The Morgan fingerprint density at radius 3 is 2.76 bits per heavy atom. The Morgan fingerprint density at radius 2 is 2.10 bits per heavy atom. The van der Waals surface area contributed by atoms with E-state index < -0.39 is 0 Å². The lowest BCUT2D eigenvalue weighted by atomic mass is 10.0. The fraction of sp³-hybridized carbons (Fsp3) is 0.471. The van der Waals surface area contributed by atoms with Gasteiger partial charge in [0.2, 0.25) is 0 Å². The quantitative estimate of drug-likeness (QED) is 0.792. The first-order valence-corrected chi connectivity index (χ1v) is 7.33. The lowest BCUT2D eigenvalue weighted by molar-refractivity contribution is -0.0303. The van der Waals surface area contributed by atoms with E-state index in [1.165, 1.54) is 0 Å². The summed E-state index contributed by atoms with van der Waals surface area (Å²) < 4.78 is 5.78. The Labute approximate surface area is 124 Å². The molecule has 2 bridgehead atoms. The lowest BCUT2D eigenvalue weighted by Crippen LogP contribution is -2.46. The molecule has 3 rings (SSSR count). The van der Waals surface area contributed by atoms with Crippen LogP contribution in [0, 0.1) is 18.8 Å². The highest BCUT2D eigenvalue weighted by Crippen LogP contribution is 2.27. The van der Waals surface area contributed by atoms with Crippen LogP contribution < -0.4 is 0 Å². The average Bonchev–Trinajstić information content (AvgIpc) is 2.84. The van der Waals surface area contributed by atoms with Crippen LogP contribution in [-0.2, 0) is 4.74 Å². The number of benzene rings is 1. The summed E-state index contributed by atoms with van der Waals surface area (Å²) in [6.07, 6.45) is 2.50. The van der Waals surface area contributed by atoms with E-state index in [4.69, 9.17) is 9.84 Å². The van der Waals surface area contributed by atoms with E-state index in [0.717, 1.165) is 24.0 Å². The summed E-state index contributed by atoms with van der Waals surface area (Å²) in [5, 5.41) is 8.80. The molecule has 2 atom stereocenters. The van der Waals surface area contributed by atoms with Gasteiger partial charge in [-0.1, -0.05) is 17.9 Å². The van der Waals surface area contributed by atoms with E-state index >= 15 is 0 Å². The molecule has 2 fully saturated rings. The van der Waals surface area contributed by atoms with Crippen molar-refractivity contribution in [3.63, 3.8) is 0 Å². The summed E-state index contributed by atoms with van der Waals surface area (Å²) in [6, 6.07) is 5.56. The van der Waals surface area contributed by atoms with Crippen molar-refractivity contribution in [1.82, 2.24) is 4.90 Å². The van der Waals surface area contributed by atoms with E-state index in [-0.39, 0.29) is 24.7 Å². The Kier molecular flexibility index (Phi) is 3.96. The van der Waals surface area contributed by atoms with Gasteiger partial charge in [-0.25, -0.2) is 0 Å². The summed E-state index contributed by atoms with van der Waals surface area (Å²) in [6.45, 7) is 3.09. The highest BCUT2D eigenvalue weighted by molar-refractivity contribution is 5.96. The van der Waals surface area contributed by atoms with Crippen molar-refractivity contribution in [3.8, 4) is 11.8 Å². The van der Waals surface area contributed by atoms with Crippen LogP contribution in [0.2, 0.25) is 0 Å². The van der Waals surface area contributed by atoms with Gasteiger partial charge >= 0.3 is 0 Å². The molecule has 2 aliphatic rings. The maximum absolute atomic E-state index is 12.7. The number of aliphatic hydroxyl groups excluding tert-OH is 1. The molecular weight excluding hydrogens is 266 g/mol. The molecule has 1 aromatic rings. The van der Waals surface area contributed by atoms with Gasteiger partial charge in [0.1, 0.15) is 6.61 Å². The SMILES string of the molecule is Cc1c(C#CCO)cccc1C(=O)N1CC2CCC(C1)O2. The number of rotatable bonds is 1. The zero-order valence-electron chi connectivity index (χ0n) is 12.1. The Hall–Kier alpha value is -1.83. The first-order chi connectivity index (χ1) is 10.2. The van der Waals surface area contributed by atoms with Gasteiger partial charge in [0.25, 0.3) is 5.91 Å². The number of hydrogen-bond donors (Lipinski definition) is 1. The van der Waals surface area contributed by atoms with Crippen molar-refractivity contribution >= 4 is 5.91 Å². The summed E-state index contributed by atoms with van der Waals surface area (Å²) in [5.74, 6) is 5.59. The normalized spacial score (nSPS) is 23.6. The van der Waals surface area contributed by atoms with Gasteiger partial charge in [0.05, 0.1) is 12.2 Å². The minimum absolute atomic E-state index is 0.0559. The third-order valence-electron chi connectivity index (χ3n) is 4.20. The molecule has 2 unspecified atom stereocenters. The topological polar surface area (TPSA) is 49.8 Å². The lowest BCUT2D eigenvalue weighted by Gasteiger charge is -2.32. The first kappa shape index (κ1) is 14.1. The fourth-order valence-corrected chi connectivity index (χ4v) is 3.09. The van der Waals surface area contributed by atoms with Crippen LogP contribution in [0.25, 0.3) is 0 Å². The fourth-order valence-electron chi connectivity index (χ4n) is 3.09. The summed E-state index contributed by atoms with van der Waals surface area (Å²) >= 11 is 0. The molecule has 2 aliphatic heterocycles. The minimum atomic E-state index is -0.176. The molecule has 2 saturated heterocycles. The number of amides is 1. The van der Waals surface area contributed by atoms with Crippen molar-refractivity contribution in [1.29, 1.82) is 0 Å². The molecule has 0 saturated carbocycles. The Balaban J connectivity index is 1.84. The maximum Gasteiger partial charge on any atom is 0.254 e. The van der Waals surface area contributed by atoms with Crippen LogP contribution in [0.15, 0.2) is 18.2 Å². The predicted molar refractivity (Wildman–Crippen MR) is 78.9 cm³/mol. The van der Waals surface area contributed by atoms with E-state index in [1.54, 1.807) is 0 Å². The second-order valence-corrected chi connectivity index (χ2v) is 5.61. The largest absolute Gasteiger partial charge is 0.384 e. The molecule has 0 spiro atoms. The second kappa shape index (κ2) is 5.88. The van der Waals surface area contributed by atoms with Gasteiger partial charge < -0.3 is 14.7 Å². The molecule has 4 nitrogen and oxygen atoms in total. The molecule has 4 heteroatoms. The molecule has 0 aliphatic carbocycles. The molecule has 110 valence electrons. The molecule has 21 heavy (non-hydrogen) atoms. The number of aliphatic hydroxyl groups is 1. The van der Waals surface area contributed by atoms with E-state index in [0.29, 0.717) is 18.7 Å². The van der Waals surface area contributed by atoms with Crippen molar-refractivity contribution in [2.24, 2.45) is 0 Å². The molecular formula is C17H19NO3. The molecule has 0 aromatic heterocycles. The molecule has 0 radical (unpaired) electrons. The van der Waals surface area contributed by atoms with Crippen LogP contribution >= 0.6 is 0 Å². The molecule has 1 amide bonds. The predicted octanol–water partition coefficient (Wildman–Crippen LogP) is 1.34. The van der Waals surface area contributed by atoms with Crippen LogP contribution in [0.4, 0.5) is 0 Å². The monoisotopic (exact) mass is 285 g/mol. The summed E-state index contributed by atoms with van der Waals surface area (Å²) in [5.41, 5.74) is 2.37. The number of carbonyl (C=O) groups is 1. The van der Waals surface area contributed by atoms with E-state index in [9.17, 15) is 4.79 Å². The van der Waals surface area contributed by atoms with Crippen LogP contribution in [0.3, 0.4) is 0 Å². The highest BCUT2D eigenvalue weighted by Gasteiger charge is 2.36. The highest BCUT2D eigenvalue weighted by atomic mass is 16.5. The number of ether oxygens (including phenoxy) is 1. The number of hydrogen-bond acceptors (Lipinski definition) is 3. The van der Waals surface area contributed by atoms with E-state index in [1.807, 2.05) is 30.0 Å². The van der Waals surface area contributed by atoms with Gasteiger partial charge in [-0.15, -0.1) is 0 Å². The molecule has 1 aromatic carbocycles. The molecule has 1 N–H and O–H groups in total. The first-order valence-electron chi connectivity index (χ1n) is 7.33. The average molecular weight is 285 g/mol. The van der Waals surface area contributed by atoms with Crippen molar-refractivity contribution in [2.45, 2.75) is 32.0 Å². The van der Waals surface area contributed by atoms with Crippen LogP contribution in [0.1, 0.15) is 34.3 Å². The van der Waals surface area contributed by atoms with Gasteiger partial charge in [-0.2, -0.15) is 0 Å². The summed E-state index contributed by atoms with van der Waals surface area (Å²) in [4.78, 5) is 14.6. The third kappa shape index (κ3) is 2.80. The maximum atomic E-state index is 12.7. The Bertz CT molecular complexity index is 602. The van der Waals surface area contributed by atoms with Crippen molar-refractivity contribution in [2.75, 3.05) is 19.7 Å². The van der Waals surface area contributed by atoms with Crippen LogP contribution in [0.5, 0.6) is 0 Å². The Morgan fingerprint density at radius 1 is 1.38 bits per heavy atom. The number of fused-ring (bicyclic) bond motifs is 2. The zero-order valence-corrected chi connectivity index (χ0v) is 12.1. The van der Waals surface area contributed by atoms with Gasteiger partial charge in [0, 0.05) is 24.2 Å². The zero-order chi connectivity index (χ0) is 14.8. The number of carbonyl (C=O) groups excluding carboxylic acids is 1. The van der Waals surface area contributed by atoms with Gasteiger partial charge in [-0.05, 0) is 37.5 Å². The van der Waals surface area contributed by atoms with Crippen molar-refractivity contribution in [3.05, 3.63) is 34.9 Å². The third-order valence-corrected chi connectivity index (χ3v) is 4.20. The molecule has 2 heterocycles. The number of nitrogens with zero attached hydrogens (tertiary/aromatic N) is 1. The number of likely N-dealkylation sites (tertiary alicyclic amines) is 1. The number of morpholine rings is 1. The minimum Gasteiger partial charge on any atom is -0.384 e. The van der Waals surface area contributed by atoms with Crippen LogP contribution in [-0.4, -0.2) is 47.8 Å². The smallest absolute Gasteiger partial charge is 0.254 e. The second-order valence-electron chi connectivity index (χ2n) is 5.61. The standard InChI is InChI=1S/C17H19NO3/c1-12-13(5-3-9-19)4-2-6-16(12)17(20)18-10-14-7-8-15(11-18)21-14/h2,4,6,14-15,19H,7-11H2,1H3. The van der Waals surface area contributed by atoms with Gasteiger partial charge in [0.15, 0.2) is 0 Å².